The SMILES string of the molecule is COc1ccc(S(=O)(=O)N2CCC(NC(=O)c3c(F)cccc3F)CC2)cc1. The smallest absolute Gasteiger partial charge is 0.257 e. The van der Waals surface area contributed by atoms with Gasteiger partial charge in [-0.05, 0) is 49.2 Å². The second kappa shape index (κ2) is 8.24. The molecule has 0 radical (unpaired) electrons. The Morgan fingerprint density at radius 1 is 1.07 bits per heavy atom. The molecule has 0 atom stereocenters. The van der Waals surface area contributed by atoms with Gasteiger partial charge in [0.15, 0.2) is 0 Å². The zero-order chi connectivity index (χ0) is 20.3. The van der Waals surface area contributed by atoms with E-state index in [9.17, 15) is 22.0 Å². The van der Waals surface area contributed by atoms with Crippen molar-refractivity contribution in [1.29, 1.82) is 0 Å². The maximum absolute atomic E-state index is 13.7. The predicted molar refractivity (Wildman–Crippen MR) is 98.6 cm³/mol. The van der Waals surface area contributed by atoms with Gasteiger partial charge in [0, 0.05) is 19.1 Å². The van der Waals surface area contributed by atoms with E-state index in [0.29, 0.717) is 18.6 Å². The Hall–Kier alpha value is -2.52. The van der Waals surface area contributed by atoms with E-state index in [1.54, 1.807) is 12.1 Å². The predicted octanol–water partition coefficient (Wildman–Crippen LogP) is 2.56. The molecule has 0 unspecified atom stereocenters. The molecule has 28 heavy (non-hydrogen) atoms. The average molecular weight is 410 g/mol. The van der Waals surface area contributed by atoms with Crippen molar-refractivity contribution >= 4 is 15.9 Å². The quantitative estimate of drug-likeness (QED) is 0.822. The summed E-state index contributed by atoms with van der Waals surface area (Å²) < 4.78 is 59.2. The van der Waals surface area contributed by atoms with Crippen LogP contribution >= 0.6 is 0 Å². The summed E-state index contributed by atoms with van der Waals surface area (Å²) in [6, 6.07) is 8.94. The standard InChI is InChI=1S/C19H20F2N2O4S/c1-27-14-5-7-15(8-6-14)28(25,26)23-11-9-13(10-12-23)22-19(24)18-16(20)3-2-4-17(18)21/h2-8,13H,9-12H2,1H3,(H,22,24). The molecular weight excluding hydrogens is 390 g/mol. The largest absolute Gasteiger partial charge is 0.497 e. The van der Waals surface area contributed by atoms with Crippen LogP contribution in [0, 0.1) is 11.6 Å². The lowest BCUT2D eigenvalue weighted by Crippen LogP contribution is -2.46. The van der Waals surface area contributed by atoms with Gasteiger partial charge in [0.1, 0.15) is 22.9 Å². The molecule has 150 valence electrons. The minimum Gasteiger partial charge on any atom is -0.497 e. The summed E-state index contributed by atoms with van der Waals surface area (Å²) in [5.74, 6) is -2.15. The molecule has 0 spiro atoms. The highest BCUT2D eigenvalue weighted by molar-refractivity contribution is 7.89. The number of methoxy groups -OCH3 is 1. The van der Waals surface area contributed by atoms with Crippen molar-refractivity contribution in [3.8, 4) is 5.75 Å². The third kappa shape index (κ3) is 4.15. The highest BCUT2D eigenvalue weighted by Gasteiger charge is 2.30. The van der Waals surface area contributed by atoms with Crippen molar-refractivity contribution in [2.24, 2.45) is 0 Å². The molecule has 2 aromatic rings. The van der Waals surface area contributed by atoms with E-state index in [-0.39, 0.29) is 24.0 Å². The first kappa shape index (κ1) is 20.2. The molecule has 1 saturated heterocycles. The van der Waals surface area contributed by atoms with Crippen molar-refractivity contribution in [2.45, 2.75) is 23.8 Å². The molecule has 1 fully saturated rings. The van der Waals surface area contributed by atoms with Gasteiger partial charge in [0.25, 0.3) is 5.91 Å². The van der Waals surface area contributed by atoms with E-state index in [0.717, 1.165) is 12.1 Å². The number of nitrogens with one attached hydrogen (secondary N) is 1. The summed E-state index contributed by atoms with van der Waals surface area (Å²) >= 11 is 0. The number of sulfonamides is 1. The number of halogens is 2. The molecule has 0 saturated carbocycles. The molecule has 1 amide bonds. The number of ether oxygens (including phenoxy) is 1. The molecule has 0 aliphatic carbocycles. The number of piperidine rings is 1. The monoisotopic (exact) mass is 410 g/mol. The van der Waals surface area contributed by atoms with E-state index < -0.39 is 33.1 Å². The van der Waals surface area contributed by atoms with Crippen LogP contribution in [0.5, 0.6) is 5.75 Å². The van der Waals surface area contributed by atoms with Gasteiger partial charge in [-0.2, -0.15) is 4.31 Å². The number of hydrogen-bond acceptors (Lipinski definition) is 4. The third-order valence-corrected chi connectivity index (χ3v) is 6.59. The number of benzene rings is 2. The highest BCUT2D eigenvalue weighted by atomic mass is 32.2. The zero-order valence-corrected chi connectivity index (χ0v) is 16.0. The van der Waals surface area contributed by atoms with E-state index in [1.165, 1.54) is 29.6 Å². The Labute approximate surface area is 162 Å². The Kier molecular flexibility index (Phi) is 5.95. The fourth-order valence-corrected chi connectivity index (χ4v) is 4.58. The summed E-state index contributed by atoms with van der Waals surface area (Å²) in [4.78, 5) is 12.3. The molecule has 2 aromatic carbocycles. The fourth-order valence-electron chi connectivity index (χ4n) is 3.11. The lowest BCUT2D eigenvalue weighted by molar-refractivity contribution is 0.0915. The molecule has 6 nitrogen and oxygen atoms in total. The molecule has 3 rings (SSSR count). The topological polar surface area (TPSA) is 75.7 Å². The van der Waals surface area contributed by atoms with E-state index in [4.69, 9.17) is 4.74 Å². The number of carbonyl (C=O) groups is 1. The van der Waals surface area contributed by atoms with E-state index >= 15 is 0 Å². The van der Waals surface area contributed by atoms with Crippen molar-refractivity contribution in [3.05, 3.63) is 59.7 Å². The molecule has 1 aliphatic rings. The first-order valence-corrected chi connectivity index (χ1v) is 10.2. The fraction of sp³-hybridized carbons (Fsp3) is 0.316. The normalized spacial score (nSPS) is 16.0. The van der Waals surface area contributed by atoms with Crippen LogP contribution in [0.3, 0.4) is 0 Å². The molecule has 1 heterocycles. The van der Waals surface area contributed by atoms with Gasteiger partial charge in [0.2, 0.25) is 10.0 Å². The summed E-state index contributed by atoms with van der Waals surface area (Å²) in [7, 11) is -2.16. The number of rotatable bonds is 5. The van der Waals surface area contributed by atoms with Crippen LogP contribution in [0.2, 0.25) is 0 Å². The second-order valence-electron chi connectivity index (χ2n) is 6.42. The number of nitrogens with zero attached hydrogens (tertiary/aromatic N) is 1. The molecular formula is C19H20F2N2O4S. The maximum atomic E-state index is 13.7. The van der Waals surface area contributed by atoms with Crippen molar-refractivity contribution in [3.63, 3.8) is 0 Å². The Bertz CT molecular complexity index is 936. The highest BCUT2D eigenvalue weighted by Crippen LogP contribution is 2.23. The van der Waals surface area contributed by atoms with Crippen LogP contribution < -0.4 is 10.1 Å². The molecule has 9 heteroatoms. The lowest BCUT2D eigenvalue weighted by atomic mass is 10.1. The van der Waals surface area contributed by atoms with Crippen molar-refractivity contribution < 1.29 is 26.7 Å². The molecule has 1 aliphatic heterocycles. The summed E-state index contributed by atoms with van der Waals surface area (Å²) in [6.45, 7) is 0.387. The Balaban J connectivity index is 1.63. The Morgan fingerprint density at radius 2 is 1.64 bits per heavy atom. The lowest BCUT2D eigenvalue weighted by Gasteiger charge is -2.31. The number of amides is 1. The average Bonchev–Trinajstić information content (AvgIpc) is 2.68. The van der Waals surface area contributed by atoms with Gasteiger partial charge >= 0.3 is 0 Å². The second-order valence-corrected chi connectivity index (χ2v) is 8.36. The number of hydrogen-bond donors (Lipinski definition) is 1. The summed E-state index contributed by atoms with van der Waals surface area (Å²) in [6.07, 6.45) is 0.689. The molecule has 0 aromatic heterocycles. The summed E-state index contributed by atoms with van der Waals surface area (Å²) in [5, 5.41) is 2.59. The van der Waals surface area contributed by atoms with Crippen molar-refractivity contribution in [2.75, 3.05) is 20.2 Å². The van der Waals surface area contributed by atoms with Crippen LogP contribution in [-0.4, -0.2) is 44.9 Å². The van der Waals surface area contributed by atoms with Gasteiger partial charge < -0.3 is 10.1 Å². The van der Waals surface area contributed by atoms with E-state index in [1.807, 2.05) is 0 Å². The van der Waals surface area contributed by atoms with Crippen LogP contribution in [0.1, 0.15) is 23.2 Å². The Morgan fingerprint density at radius 3 is 2.18 bits per heavy atom. The molecule has 1 N–H and O–H groups in total. The third-order valence-electron chi connectivity index (χ3n) is 4.68. The van der Waals surface area contributed by atoms with Crippen LogP contribution in [0.15, 0.2) is 47.4 Å². The molecule has 0 bridgehead atoms. The maximum Gasteiger partial charge on any atom is 0.257 e. The van der Waals surface area contributed by atoms with Gasteiger partial charge in [-0.25, -0.2) is 17.2 Å². The van der Waals surface area contributed by atoms with Crippen LogP contribution in [-0.2, 0) is 10.0 Å². The van der Waals surface area contributed by atoms with Crippen molar-refractivity contribution in [1.82, 2.24) is 9.62 Å². The zero-order valence-electron chi connectivity index (χ0n) is 15.2. The number of carbonyl (C=O) groups excluding carboxylic acids is 1. The first-order chi connectivity index (χ1) is 13.3. The van der Waals surface area contributed by atoms with Gasteiger partial charge in [-0.15, -0.1) is 0 Å². The van der Waals surface area contributed by atoms with Crippen LogP contribution in [0.25, 0.3) is 0 Å². The van der Waals surface area contributed by atoms with E-state index in [2.05, 4.69) is 5.32 Å². The summed E-state index contributed by atoms with van der Waals surface area (Å²) in [5.41, 5.74) is -0.629. The minimum atomic E-state index is -3.66. The van der Waals surface area contributed by atoms with Gasteiger partial charge in [0.05, 0.1) is 12.0 Å². The van der Waals surface area contributed by atoms with Gasteiger partial charge in [-0.3, -0.25) is 4.79 Å². The van der Waals surface area contributed by atoms with Crippen LogP contribution in [0.4, 0.5) is 8.78 Å². The van der Waals surface area contributed by atoms with Gasteiger partial charge in [-0.1, -0.05) is 6.07 Å². The minimum absolute atomic E-state index is 0.157. The first-order valence-electron chi connectivity index (χ1n) is 8.72.